The first-order valence-electron chi connectivity index (χ1n) is 14.8. The van der Waals surface area contributed by atoms with Crippen LogP contribution in [0.25, 0.3) is 0 Å². The standard InChI is InChI=1S/C31H54O5/c1-17-16-18(24(33)27(4,5)35)36-23-22(17)30(8)15-14-29(7)20(31(30,9)25(23)34)11-10-19-26(2,3)21(32)12-13-28(19,29)6/h17-25,32-35H,10-16H2,1-9H3/t17-,18-,19+,20-,21+,22-,23+,24-,25+,28+,29-,30-,31-/m1/s1. The van der Waals surface area contributed by atoms with Crippen LogP contribution in [-0.2, 0) is 4.74 Å². The summed E-state index contributed by atoms with van der Waals surface area (Å²) >= 11 is 0. The molecular formula is C31H54O5. The summed E-state index contributed by atoms with van der Waals surface area (Å²) < 4.78 is 6.60. The Bertz CT molecular complexity index is 881. The molecule has 5 rings (SSSR count). The van der Waals surface area contributed by atoms with E-state index in [0.717, 1.165) is 38.5 Å². The zero-order valence-corrected chi connectivity index (χ0v) is 24.3. The number of rotatable bonds is 2. The highest BCUT2D eigenvalue weighted by Crippen LogP contribution is 2.79. The lowest BCUT2D eigenvalue weighted by atomic mass is 9.32. The average Bonchev–Trinajstić information content (AvgIpc) is 2.95. The van der Waals surface area contributed by atoms with Crippen LogP contribution in [0.5, 0.6) is 0 Å². The molecule has 13 atom stereocenters. The summed E-state index contributed by atoms with van der Waals surface area (Å²) in [5, 5.41) is 44.6. The van der Waals surface area contributed by atoms with E-state index in [2.05, 4.69) is 48.5 Å². The smallest absolute Gasteiger partial charge is 0.108 e. The van der Waals surface area contributed by atoms with Gasteiger partial charge in [-0.1, -0.05) is 48.5 Å². The van der Waals surface area contributed by atoms with Gasteiger partial charge >= 0.3 is 0 Å². The molecule has 208 valence electrons. The van der Waals surface area contributed by atoms with Crippen molar-refractivity contribution < 1.29 is 25.2 Å². The first kappa shape index (κ1) is 27.4. The monoisotopic (exact) mass is 506 g/mol. The van der Waals surface area contributed by atoms with Crippen molar-refractivity contribution in [3.05, 3.63) is 0 Å². The normalized spacial score (nSPS) is 57.2. The Labute approximate surface area is 219 Å². The predicted molar refractivity (Wildman–Crippen MR) is 141 cm³/mol. The van der Waals surface area contributed by atoms with Crippen molar-refractivity contribution in [2.75, 3.05) is 0 Å². The maximum Gasteiger partial charge on any atom is 0.108 e. The lowest BCUT2D eigenvalue weighted by molar-refractivity contribution is -0.256. The van der Waals surface area contributed by atoms with E-state index in [1.165, 1.54) is 0 Å². The van der Waals surface area contributed by atoms with Crippen molar-refractivity contribution in [3.63, 3.8) is 0 Å². The molecule has 1 saturated heterocycles. The Hall–Kier alpha value is -0.200. The lowest BCUT2D eigenvalue weighted by Gasteiger charge is -2.72. The SMILES string of the molecule is C[C@@H]1C[C@H]([C@@H](O)C(C)(C)O)O[C@H]2[C@@H]1[C@@]1(C)CC[C@]3(C)[C@@H](CC[C@H]4C(C)(C)[C@@H](O)CC[C@@]43C)[C@]1(C)[C@H]2O. The van der Waals surface area contributed by atoms with Gasteiger partial charge < -0.3 is 25.2 Å². The van der Waals surface area contributed by atoms with Crippen molar-refractivity contribution in [1.29, 1.82) is 0 Å². The second-order valence-electron chi connectivity index (χ2n) is 16.0. The Morgan fingerprint density at radius 2 is 1.39 bits per heavy atom. The average molecular weight is 507 g/mol. The molecule has 1 heterocycles. The zero-order valence-electron chi connectivity index (χ0n) is 24.3. The summed E-state index contributed by atoms with van der Waals surface area (Å²) in [6.45, 7) is 19.9. The van der Waals surface area contributed by atoms with E-state index >= 15 is 0 Å². The van der Waals surface area contributed by atoms with Crippen LogP contribution >= 0.6 is 0 Å². The minimum Gasteiger partial charge on any atom is -0.393 e. The van der Waals surface area contributed by atoms with Gasteiger partial charge in [0.25, 0.3) is 0 Å². The van der Waals surface area contributed by atoms with E-state index in [0.29, 0.717) is 24.2 Å². The predicted octanol–water partition coefficient (Wildman–Crippen LogP) is 4.93. The van der Waals surface area contributed by atoms with Crippen molar-refractivity contribution in [2.24, 2.45) is 50.7 Å². The number of ether oxygens (including phenoxy) is 1. The third kappa shape index (κ3) is 3.13. The number of fused-ring (bicyclic) bond motifs is 7. The molecule has 0 amide bonds. The van der Waals surface area contributed by atoms with Gasteiger partial charge in [-0.15, -0.1) is 0 Å². The molecule has 0 spiro atoms. The van der Waals surface area contributed by atoms with Crippen LogP contribution in [0.4, 0.5) is 0 Å². The highest BCUT2D eigenvalue weighted by molar-refractivity contribution is 5.25. The lowest BCUT2D eigenvalue weighted by Crippen LogP contribution is -2.67. The quantitative estimate of drug-likeness (QED) is 0.426. The molecule has 5 nitrogen and oxygen atoms in total. The highest BCUT2D eigenvalue weighted by Gasteiger charge is 2.76. The Morgan fingerprint density at radius 1 is 0.833 bits per heavy atom. The Kier molecular flexibility index (Phi) is 6.03. The van der Waals surface area contributed by atoms with Gasteiger partial charge in [0.05, 0.1) is 30.0 Å². The number of hydrogen-bond donors (Lipinski definition) is 4. The van der Waals surface area contributed by atoms with Gasteiger partial charge in [0, 0.05) is 5.41 Å². The van der Waals surface area contributed by atoms with Crippen molar-refractivity contribution in [2.45, 2.75) is 143 Å². The van der Waals surface area contributed by atoms with Crippen LogP contribution in [0.2, 0.25) is 0 Å². The van der Waals surface area contributed by atoms with Gasteiger partial charge in [0.1, 0.15) is 6.10 Å². The van der Waals surface area contributed by atoms with Gasteiger partial charge in [-0.3, -0.25) is 0 Å². The molecule has 0 radical (unpaired) electrons. The van der Waals surface area contributed by atoms with Crippen molar-refractivity contribution in [3.8, 4) is 0 Å². The summed E-state index contributed by atoms with van der Waals surface area (Å²) in [6, 6.07) is 0. The maximum absolute atomic E-state index is 12.2. The van der Waals surface area contributed by atoms with E-state index in [1.807, 2.05) is 0 Å². The summed E-state index contributed by atoms with van der Waals surface area (Å²) in [7, 11) is 0. The molecule has 0 bridgehead atoms. The van der Waals surface area contributed by atoms with Crippen LogP contribution in [0, 0.1) is 50.7 Å². The summed E-state index contributed by atoms with van der Waals surface area (Å²) in [6.07, 6.45) is 4.43. The molecule has 0 unspecified atom stereocenters. The van der Waals surface area contributed by atoms with E-state index in [9.17, 15) is 20.4 Å². The molecule has 4 saturated carbocycles. The number of hydrogen-bond acceptors (Lipinski definition) is 5. The molecule has 0 aromatic heterocycles. The van der Waals surface area contributed by atoms with Crippen molar-refractivity contribution >= 4 is 0 Å². The maximum atomic E-state index is 12.2. The molecule has 5 heteroatoms. The first-order valence-corrected chi connectivity index (χ1v) is 14.8. The molecular weight excluding hydrogens is 452 g/mol. The molecule has 4 aliphatic carbocycles. The summed E-state index contributed by atoms with van der Waals surface area (Å²) in [4.78, 5) is 0. The van der Waals surface area contributed by atoms with Crippen molar-refractivity contribution in [1.82, 2.24) is 0 Å². The molecule has 0 aromatic carbocycles. The fourth-order valence-corrected chi connectivity index (χ4v) is 11.6. The first-order chi connectivity index (χ1) is 16.4. The van der Waals surface area contributed by atoms with Gasteiger partial charge in [-0.2, -0.15) is 0 Å². The third-order valence-electron chi connectivity index (χ3n) is 14.0. The topological polar surface area (TPSA) is 90.2 Å². The Morgan fingerprint density at radius 3 is 2.00 bits per heavy atom. The second-order valence-corrected chi connectivity index (χ2v) is 16.0. The Balaban J connectivity index is 1.54. The van der Waals surface area contributed by atoms with Crippen LogP contribution in [0.1, 0.15) is 107 Å². The van der Waals surface area contributed by atoms with Gasteiger partial charge in [-0.25, -0.2) is 0 Å². The second kappa shape index (κ2) is 7.93. The molecule has 5 aliphatic rings. The fourth-order valence-electron chi connectivity index (χ4n) is 11.6. The third-order valence-corrected chi connectivity index (χ3v) is 14.0. The van der Waals surface area contributed by atoms with E-state index in [-0.39, 0.29) is 45.2 Å². The van der Waals surface area contributed by atoms with Crippen LogP contribution in [0.3, 0.4) is 0 Å². The van der Waals surface area contributed by atoms with E-state index in [1.54, 1.807) is 13.8 Å². The van der Waals surface area contributed by atoms with Gasteiger partial charge in [0.2, 0.25) is 0 Å². The molecule has 1 aliphatic heterocycles. The molecule has 4 N–H and O–H groups in total. The van der Waals surface area contributed by atoms with E-state index in [4.69, 9.17) is 4.74 Å². The fraction of sp³-hybridized carbons (Fsp3) is 1.00. The number of aliphatic hydroxyl groups is 4. The summed E-state index contributed by atoms with van der Waals surface area (Å²) in [5.41, 5.74) is -1.45. The highest BCUT2D eigenvalue weighted by atomic mass is 16.5. The largest absolute Gasteiger partial charge is 0.393 e. The molecule has 0 aromatic rings. The molecule has 5 fully saturated rings. The van der Waals surface area contributed by atoms with Gasteiger partial charge in [0.15, 0.2) is 0 Å². The van der Waals surface area contributed by atoms with Crippen LogP contribution in [-0.4, -0.2) is 56.5 Å². The van der Waals surface area contributed by atoms with E-state index < -0.39 is 23.9 Å². The number of aliphatic hydroxyl groups excluding tert-OH is 3. The van der Waals surface area contributed by atoms with Crippen LogP contribution < -0.4 is 0 Å². The zero-order chi connectivity index (χ0) is 26.9. The molecule has 36 heavy (non-hydrogen) atoms. The van der Waals surface area contributed by atoms with Crippen LogP contribution in [0.15, 0.2) is 0 Å². The summed E-state index contributed by atoms with van der Waals surface area (Å²) in [5.74, 6) is 1.39. The minimum absolute atomic E-state index is 0.0434. The van der Waals surface area contributed by atoms with Gasteiger partial charge in [-0.05, 0) is 104 Å². The minimum atomic E-state index is -1.24.